The minimum atomic E-state index is 0.133. The molecule has 0 radical (unpaired) electrons. The first-order valence-corrected chi connectivity index (χ1v) is 5.82. The van der Waals surface area contributed by atoms with Gasteiger partial charge < -0.3 is 5.11 Å². The number of phenolic OH excluding ortho intramolecular Hbond substituents is 1. The van der Waals surface area contributed by atoms with E-state index in [2.05, 4.69) is 11.6 Å². The van der Waals surface area contributed by atoms with Gasteiger partial charge in [-0.15, -0.1) is 0 Å². The molecular weight excluding hydrogens is 246 g/mol. The van der Waals surface area contributed by atoms with Gasteiger partial charge in [0.25, 0.3) is 0 Å². The molecule has 3 heteroatoms. The first-order chi connectivity index (χ1) is 8.70. The highest BCUT2D eigenvalue weighted by atomic mass is 35.5. The second-order valence-electron chi connectivity index (χ2n) is 3.73. The fourth-order valence-electron chi connectivity index (χ4n) is 1.55. The van der Waals surface area contributed by atoms with E-state index in [1.165, 1.54) is 0 Å². The lowest BCUT2D eigenvalue weighted by molar-refractivity contribution is 0.473. The monoisotopic (exact) mass is 257 g/mol. The van der Waals surface area contributed by atoms with Crippen molar-refractivity contribution in [3.8, 4) is 5.75 Å². The molecule has 0 aromatic heterocycles. The van der Waals surface area contributed by atoms with Crippen molar-refractivity contribution in [3.63, 3.8) is 0 Å². The molecule has 0 fully saturated rings. The first-order valence-electron chi connectivity index (χ1n) is 5.45. The maximum Gasteiger partial charge on any atom is 0.131 e. The van der Waals surface area contributed by atoms with E-state index in [1.54, 1.807) is 24.4 Å². The van der Waals surface area contributed by atoms with Crippen LogP contribution in [0.5, 0.6) is 5.75 Å². The summed E-state index contributed by atoms with van der Waals surface area (Å²) in [6.07, 6.45) is 3.14. The average molecular weight is 258 g/mol. The summed E-state index contributed by atoms with van der Waals surface area (Å²) >= 11 is 5.96. The Labute approximate surface area is 111 Å². The Bertz CT molecular complexity index is 591. The third-order valence-corrected chi connectivity index (χ3v) is 2.68. The average Bonchev–Trinajstić information content (AvgIpc) is 2.40. The van der Waals surface area contributed by atoms with Crippen LogP contribution in [0.1, 0.15) is 11.1 Å². The van der Waals surface area contributed by atoms with Crippen LogP contribution in [0, 0.1) is 0 Å². The Morgan fingerprint density at radius 3 is 2.44 bits per heavy atom. The fraction of sp³-hybridized carbons (Fsp3) is 0. The Balaban J connectivity index is 2.37. The fourth-order valence-corrected chi connectivity index (χ4v) is 1.79. The van der Waals surface area contributed by atoms with E-state index in [0.29, 0.717) is 16.1 Å². The van der Waals surface area contributed by atoms with Crippen LogP contribution in [0.15, 0.2) is 54.0 Å². The van der Waals surface area contributed by atoms with Gasteiger partial charge in [-0.3, -0.25) is 4.99 Å². The predicted molar refractivity (Wildman–Crippen MR) is 76.9 cm³/mol. The van der Waals surface area contributed by atoms with E-state index in [0.717, 1.165) is 5.69 Å². The molecule has 0 unspecified atom stereocenters. The maximum absolute atomic E-state index is 9.97. The topological polar surface area (TPSA) is 32.6 Å². The number of benzene rings is 2. The molecule has 0 saturated heterocycles. The SMILES string of the molecule is C=Cc1cc(Cl)cc(/C=N/c2ccccc2)c1O. The molecule has 0 aliphatic rings. The molecule has 0 saturated carbocycles. The highest BCUT2D eigenvalue weighted by Crippen LogP contribution is 2.27. The first kappa shape index (κ1) is 12.4. The molecule has 0 bridgehead atoms. The summed E-state index contributed by atoms with van der Waals surface area (Å²) in [6.45, 7) is 3.63. The highest BCUT2D eigenvalue weighted by molar-refractivity contribution is 6.31. The number of hydrogen-bond acceptors (Lipinski definition) is 2. The van der Waals surface area contributed by atoms with Crippen LogP contribution in [0.2, 0.25) is 5.02 Å². The van der Waals surface area contributed by atoms with E-state index in [-0.39, 0.29) is 5.75 Å². The molecule has 0 amide bonds. The third kappa shape index (κ3) is 2.79. The molecule has 0 aliphatic heterocycles. The van der Waals surface area contributed by atoms with E-state index < -0.39 is 0 Å². The minimum absolute atomic E-state index is 0.133. The number of para-hydroxylation sites is 1. The lowest BCUT2D eigenvalue weighted by Gasteiger charge is -2.04. The Kier molecular flexibility index (Phi) is 3.80. The summed E-state index contributed by atoms with van der Waals surface area (Å²) in [7, 11) is 0. The van der Waals surface area contributed by atoms with Gasteiger partial charge >= 0.3 is 0 Å². The summed E-state index contributed by atoms with van der Waals surface area (Å²) in [4.78, 5) is 4.28. The Hall–Kier alpha value is -2.06. The van der Waals surface area contributed by atoms with Gasteiger partial charge in [0.1, 0.15) is 5.75 Å². The lowest BCUT2D eigenvalue weighted by atomic mass is 10.1. The zero-order valence-electron chi connectivity index (χ0n) is 9.68. The van der Waals surface area contributed by atoms with Crippen LogP contribution >= 0.6 is 11.6 Å². The second-order valence-corrected chi connectivity index (χ2v) is 4.17. The van der Waals surface area contributed by atoms with Crippen LogP contribution in [-0.4, -0.2) is 11.3 Å². The molecular formula is C15H12ClNO. The summed E-state index contributed by atoms with van der Waals surface area (Å²) < 4.78 is 0. The Morgan fingerprint density at radius 2 is 1.78 bits per heavy atom. The smallest absolute Gasteiger partial charge is 0.131 e. The lowest BCUT2D eigenvalue weighted by Crippen LogP contribution is -1.86. The summed E-state index contributed by atoms with van der Waals surface area (Å²) in [5, 5.41) is 10.5. The van der Waals surface area contributed by atoms with Crippen molar-refractivity contribution in [1.29, 1.82) is 0 Å². The van der Waals surface area contributed by atoms with Crippen LogP contribution in [0.4, 0.5) is 5.69 Å². The molecule has 1 N–H and O–H groups in total. The maximum atomic E-state index is 9.97. The zero-order chi connectivity index (χ0) is 13.0. The van der Waals surface area contributed by atoms with Crippen LogP contribution in [0.3, 0.4) is 0 Å². The summed E-state index contributed by atoms with van der Waals surface area (Å²) in [5.41, 5.74) is 1.98. The van der Waals surface area contributed by atoms with Gasteiger partial charge in [-0.2, -0.15) is 0 Å². The third-order valence-electron chi connectivity index (χ3n) is 2.46. The van der Waals surface area contributed by atoms with Gasteiger partial charge in [-0.1, -0.05) is 42.5 Å². The molecule has 18 heavy (non-hydrogen) atoms. The van der Waals surface area contributed by atoms with Crippen molar-refractivity contribution in [2.75, 3.05) is 0 Å². The molecule has 2 nitrogen and oxygen atoms in total. The molecule has 90 valence electrons. The normalized spacial score (nSPS) is 10.7. The molecule has 2 rings (SSSR count). The minimum Gasteiger partial charge on any atom is -0.507 e. The van der Waals surface area contributed by atoms with E-state index in [1.807, 2.05) is 30.3 Å². The molecule has 0 aliphatic carbocycles. The molecule has 2 aromatic rings. The van der Waals surface area contributed by atoms with Crippen molar-refractivity contribution < 1.29 is 5.11 Å². The molecule has 2 aromatic carbocycles. The standard InChI is InChI=1S/C15H12ClNO/c1-2-11-8-13(16)9-12(15(11)18)10-17-14-6-4-3-5-7-14/h2-10,18H,1H2/b17-10+. The molecule has 0 heterocycles. The summed E-state index contributed by atoms with van der Waals surface area (Å²) in [5.74, 6) is 0.133. The van der Waals surface area contributed by atoms with Crippen molar-refractivity contribution in [2.45, 2.75) is 0 Å². The zero-order valence-corrected chi connectivity index (χ0v) is 10.4. The number of aliphatic imine (C=N–C) groups is 1. The van der Waals surface area contributed by atoms with Crippen molar-refractivity contribution in [1.82, 2.24) is 0 Å². The van der Waals surface area contributed by atoms with E-state index in [9.17, 15) is 5.11 Å². The van der Waals surface area contributed by atoms with Crippen LogP contribution in [0.25, 0.3) is 6.08 Å². The quantitative estimate of drug-likeness (QED) is 0.810. The van der Waals surface area contributed by atoms with Gasteiger partial charge in [0, 0.05) is 22.4 Å². The summed E-state index contributed by atoms with van der Waals surface area (Å²) in [6, 6.07) is 12.8. The number of phenols is 1. The van der Waals surface area contributed by atoms with Crippen LogP contribution in [-0.2, 0) is 0 Å². The predicted octanol–water partition coefficient (Wildman–Crippen LogP) is 4.44. The largest absolute Gasteiger partial charge is 0.507 e. The van der Waals surface area contributed by atoms with E-state index in [4.69, 9.17) is 11.6 Å². The Morgan fingerprint density at radius 1 is 1.11 bits per heavy atom. The number of hydrogen-bond donors (Lipinski definition) is 1. The molecule has 0 spiro atoms. The van der Waals surface area contributed by atoms with E-state index >= 15 is 0 Å². The number of rotatable bonds is 3. The van der Waals surface area contributed by atoms with Crippen molar-refractivity contribution >= 4 is 29.6 Å². The number of halogens is 1. The van der Waals surface area contributed by atoms with Crippen molar-refractivity contribution in [2.24, 2.45) is 4.99 Å². The van der Waals surface area contributed by atoms with Crippen LogP contribution < -0.4 is 0 Å². The van der Waals surface area contributed by atoms with Gasteiger partial charge in [0.15, 0.2) is 0 Å². The van der Waals surface area contributed by atoms with Gasteiger partial charge in [0.2, 0.25) is 0 Å². The van der Waals surface area contributed by atoms with Gasteiger partial charge in [0.05, 0.1) is 5.69 Å². The number of aromatic hydroxyl groups is 1. The molecule has 0 atom stereocenters. The van der Waals surface area contributed by atoms with Gasteiger partial charge in [-0.05, 0) is 24.3 Å². The van der Waals surface area contributed by atoms with Crippen molar-refractivity contribution in [3.05, 3.63) is 65.2 Å². The highest BCUT2D eigenvalue weighted by Gasteiger charge is 2.05. The second kappa shape index (κ2) is 5.52. The number of nitrogens with zero attached hydrogens (tertiary/aromatic N) is 1. The van der Waals surface area contributed by atoms with Gasteiger partial charge in [-0.25, -0.2) is 0 Å².